The van der Waals surface area contributed by atoms with E-state index in [4.69, 9.17) is 26.2 Å². The SMILES string of the molecule is COc1cc([C@@H]2c3sc(=O)[nH]c3S[C@H]3C(=O)N(c4ccc(Cl)cc4)C(=O)[C@@H]23)ccc1OCC(=O)Nc1ccc(S(N)(=O)=O)cc1. The summed E-state index contributed by atoms with van der Waals surface area (Å²) in [6, 6.07) is 16.7. The van der Waals surface area contributed by atoms with Gasteiger partial charge in [-0.05, 0) is 66.2 Å². The van der Waals surface area contributed by atoms with Crippen molar-refractivity contribution in [2.45, 2.75) is 21.1 Å². The Morgan fingerprint density at radius 3 is 2.40 bits per heavy atom. The number of sulfonamides is 1. The second-order valence-corrected chi connectivity index (χ2v) is 14.2. The second kappa shape index (κ2) is 12.0. The van der Waals surface area contributed by atoms with Crippen LogP contribution in [0.4, 0.5) is 11.4 Å². The van der Waals surface area contributed by atoms with Crippen LogP contribution in [0.1, 0.15) is 16.4 Å². The molecule has 0 bridgehead atoms. The summed E-state index contributed by atoms with van der Waals surface area (Å²) in [6.45, 7) is -0.399. The number of rotatable bonds is 8. The lowest BCUT2D eigenvalue weighted by molar-refractivity contribution is -0.122. The molecule has 0 saturated carbocycles. The van der Waals surface area contributed by atoms with Gasteiger partial charge < -0.3 is 19.8 Å². The summed E-state index contributed by atoms with van der Waals surface area (Å²) in [5.74, 6) is -2.25. The number of halogens is 1. The van der Waals surface area contributed by atoms with Crippen molar-refractivity contribution in [1.29, 1.82) is 0 Å². The van der Waals surface area contributed by atoms with Crippen molar-refractivity contribution in [3.8, 4) is 11.5 Å². The molecule has 2 aliphatic heterocycles. The Balaban J connectivity index is 1.25. The number of nitrogens with zero attached hydrogens (tertiary/aromatic N) is 1. The fraction of sp³-hybridized carbons (Fsp3) is 0.172. The Bertz CT molecular complexity index is 1990. The standard InChI is InChI=1S/C29H23ClN4O8S3/c1-41-20-12-14(2-11-19(20)42-13-21(35)32-16-5-9-18(10-6-16)45(31,39)40)22-23-25(43-26-24(22)44-29(38)33-26)28(37)34(27(23)36)17-7-3-15(30)4-8-17/h2-12,22-23,25H,13H2,1H3,(H,32,35)(H,33,38)(H2,31,39,40)/t22-,23-,25+/m0/s1. The first kappa shape index (κ1) is 30.9. The molecule has 0 radical (unpaired) electrons. The molecule has 1 saturated heterocycles. The van der Waals surface area contributed by atoms with E-state index in [0.717, 1.165) is 16.2 Å². The molecule has 1 fully saturated rings. The van der Waals surface area contributed by atoms with Crippen molar-refractivity contribution in [3.63, 3.8) is 0 Å². The van der Waals surface area contributed by atoms with Crippen molar-refractivity contribution < 1.29 is 32.3 Å². The molecule has 3 amide bonds. The number of carbonyl (C=O) groups excluding carboxylic acids is 3. The van der Waals surface area contributed by atoms with Gasteiger partial charge in [-0.3, -0.25) is 19.2 Å². The van der Waals surface area contributed by atoms with E-state index in [2.05, 4.69) is 10.3 Å². The number of methoxy groups -OCH3 is 1. The number of primary sulfonamides is 1. The van der Waals surface area contributed by atoms with Gasteiger partial charge in [0.1, 0.15) is 5.25 Å². The third-order valence-corrected chi connectivity index (χ3v) is 10.9. The number of nitrogens with two attached hydrogens (primary N) is 1. The van der Waals surface area contributed by atoms with E-state index < -0.39 is 51.4 Å². The zero-order valence-electron chi connectivity index (χ0n) is 23.2. The van der Waals surface area contributed by atoms with Gasteiger partial charge in [-0.2, -0.15) is 0 Å². The Kier molecular flexibility index (Phi) is 8.22. The van der Waals surface area contributed by atoms with E-state index in [0.29, 0.717) is 31.9 Å². The number of carbonyl (C=O) groups is 3. The van der Waals surface area contributed by atoms with Crippen LogP contribution in [-0.2, 0) is 24.4 Å². The second-order valence-electron chi connectivity index (χ2n) is 10.1. The Hall–Kier alpha value is -4.15. The number of imide groups is 1. The van der Waals surface area contributed by atoms with Crippen LogP contribution in [0.25, 0.3) is 0 Å². The van der Waals surface area contributed by atoms with Crippen molar-refractivity contribution >= 4 is 73.8 Å². The molecule has 0 spiro atoms. The van der Waals surface area contributed by atoms with Gasteiger partial charge >= 0.3 is 4.87 Å². The average Bonchev–Trinajstić information content (AvgIpc) is 3.50. The molecular formula is C29H23ClN4O8S3. The van der Waals surface area contributed by atoms with Gasteiger partial charge in [-0.1, -0.05) is 40.8 Å². The molecule has 2 aliphatic rings. The minimum atomic E-state index is -3.87. The number of hydrogen-bond donors (Lipinski definition) is 3. The van der Waals surface area contributed by atoms with Gasteiger partial charge in [0, 0.05) is 21.5 Å². The van der Waals surface area contributed by atoms with Gasteiger partial charge in [-0.25, -0.2) is 18.5 Å². The highest BCUT2D eigenvalue weighted by molar-refractivity contribution is 8.00. The summed E-state index contributed by atoms with van der Waals surface area (Å²) in [6.07, 6.45) is 0. The third kappa shape index (κ3) is 5.96. The molecule has 232 valence electrons. The highest BCUT2D eigenvalue weighted by atomic mass is 35.5. The van der Waals surface area contributed by atoms with E-state index in [1.807, 2.05) is 0 Å². The van der Waals surface area contributed by atoms with Crippen molar-refractivity contribution in [3.05, 3.63) is 91.9 Å². The van der Waals surface area contributed by atoms with Gasteiger partial charge in [0.05, 0.1) is 28.6 Å². The van der Waals surface area contributed by atoms with Crippen molar-refractivity contribution in [1.82, 2.24) is 4.98 Å². The zero-order valence-corrected chi connectivity index (χ0v) is 26.4. The fourth-order valence-electron chi connectivity index (χ4n) is 5.29. The predicted octanol–water partition coefficient (Wildman–Crippen LogP) is 3.56. The van der Waals surface area contributed by atoms with Gasteiger partial charge in [0.25, 0.3) is 5.91 Å². The summed E-state index contributed by atoms with van der Waals surface area (Å²) in [5, 5.41) is 7.93. The lowest BCUT2D eigenvalue weighted by atomic mass is 9.83. The van der Waals surface area contributed by atoms with Crippen LogP contribution in [-0.4, -0.2) is 50.1 Å². The molecule has 3 aromatic carbocycles. The number of aromatic nitrogens is 1. The normalized spacial score (nSPS) is 19.2. The number of thioether (sulfide) groups is 1. The molecule has 1 aromatic heterocycles. The smallest absolute Gasteiger partial charge is 0.305 e. The highest BCUT2D eigenvalue weighted by Gasteiger charge is 2.56. The molecule has 6 rings (SSSR count). The van der Waals surface area contributed by atoms with E-state index in [1.54, 1.807) is 42.5 Å². The molecule has 4 aromatic rings. The first-order chi connectivity index (χ1) is 21.4. The summed E-state index contributed by atoms with van der Waals surface area (Å²) < 4.78 is 34.2. The van der Waals surface area contributed by atoms with Gasteiger partial charge in [-0.15, -0.1) is 0 Å². The first-order valence-corrected chi connectivity index (χ1v) is 16.8. The number of amides is 3. The maximum Gasteiger partial charge on any atom is 0.305 e. The predicted molar refractivity (Wildman–Crippen MR) is 169 cm³/mol. The molecular weight excluding hydrogens is 664 g/mol. The van der Waals surface area contributed by atoms with E-state index >= 15 is 0 Å². The number of benzene rings is 3. The monoisotopic (exact) mass is 686 g/mol. The summed E-state index contributed by atoms with van der Waals surface area (Å²) in [5.41, 5.74) is 1.36. The highest BCUT2D eigenvalue weighted by Crippen LogP contribution is 2.53. The van der Waals surface area contributed by atoms with Crippen LogP contribution in [0.2, 0.25) is 5.02 Å². The lowest BCUT2D eigenvalue weighted by Crippen LogP contribution is -2.32. The van der Waals surface area contributed by atoms with E-state index in [1.165, 1.54) is 43.1 Å². The van der Waals surface area contributed by atoms with Crippen molar-refractivity contribution in [2.75, 3.05) is 23.9 Å². The summed E-state index contributed by atoms with van der Waals surface area (Å²) >= 11 is 8.17. The average molecular weight is 687 g/mol. The van der Waals surface area contributed by atoms with Gasteiger partial charge in [0.15, 0.2) is 18.1 Å². The van der Waals surface area contributed by atoms with Crippen LogP contribution in [0.3, 0.4) is 0 Å². The Labute approximate surface area is 269 Å². The number of anilines is 2. The minimum absolute atomic E-state index is 0.0927. The summed E-state index contributed by atoms with van der Waals surface area (Å²) in [7, 11) is -2.45. The summed E-state index contributed by atoms with van der Waals surface area (Å²) in [4.78, 5) is 56.6. The Morgan fingerprint density at radius 2 is 1.73 bits per heavy atom. The minimum Gasteiger partial charge on any atom is -0.493 e. The van der Waals surface area contributed by atoms with Crippen LogP contribution in [0, 0.1) is 5.92 Å². The topological polar surface area (TPSA) is 178 Å². The molecule has 3 heterocycles. The number of thiazole rings is 1. The molecule has 0 unspecified atom stereocenters. The van der Waals surface area contributed by atoms with Crippen LogP contribution >= 0.6 is 34.7 Å². The number of hydrogen-bond acceptors (Lipinski definition) is 10. The molecule has 4 N–H and O–H groups in total. The van der Waals surface area contributed by atoms with Crippen LogP contribution in [0.15, 0.2) is 81.4 Å². The third-order valence-electron chi connectivity index (χ3n) is 7.28. The van der Waals surface area contributed by atoms with Crippen molar-refractivity contribution in [2.24, 2.45) is 11.1 Å². The number of fused-ring (bicyclic) bond motifs is 2. The maximum atomic E-state index is 13.9. The number of ether oxygens (including phenoxy) is 2. The largest absolute Gasteiger partial charge is 0.493 e. The number of H-pyrrole nitrogens is 1. The molecule has 3 atom stereocenters. The first-order valence-electron chi connectivity index (χ1n) is 13.2. The van der Waals surface area contributed by atoms with Gasteiger partial charge in [0.2, 0.25) is 21.8 Å². The lowest BCUT2D eigenvalue weighted by Gasteiger charge is -2.30. The molecule has 12 nitrogen and oxygen atoms in total. The maximum absolute atomic E-state index is 13.9. The van der Waals surface area contributed by atoms with E-state index in [-0.39, 0.29) is 21.3 Å². The number of aromatic amines is 1. The van der Waals surface area contributed by atoms with Crippen LogP contribution in [0.5, 0.6) is 11.5 Å². The Morgan fingerprint density at radius 1 is 1.02 bits per heavy atom. The van der Waals surface area contributed by atoms with E-state index in [9.17, 15) is 27.6 Å². The molecule has 16 heteroatoms. The quantitative estimate of drug-likeness (QED) is 0.234. The fourth-order valence-corrected chi connectivity index (χ4v) is 8.44. The molecule has 45 heavy (non-hydrogen) atoms. The van der Waals surface area contributed by atoms with Crippen LogP contribution < -0.4 is 29.7 Å². The number of nitrogens with one attached hydrogen (secondary N) is 2. The molecule has 0 aliphatic carbocycles. The zero-order chi connectivity index (χ0) is 32.0.